The summed E-state index contributed by atoms with van der Waals surface area (Å²) in [7, 11) is 0. The van der Waals surface area contributed by atoms with E-state index in [4.69, 9.17) is 9.47 Å². The maximum Gasteiger partial charge on any atom is 0.207 e. The molecule has 0 bridgehead atoms. The molecule has 5 nitrogen and oxygen atoms in total. The smallest absolute Gasteiger partial charge is 0.207 e. The zero-order valence-corrected chi connectivity index (χ0v) is 10.8. The predicted octanol–water partition coefficient (Wildman–Crippen LogP) is 1.44. The van der Waals surface area contributed by atoms with Gasteiger partial charge in [0.1, 0.15) is 11.9 Å². The minimum atomic E-state index is -0.897. The molecule has 1 N–H and O–H groups in total. The second-order valence-corrected chi connectivity index (χ2v) is 5.38. The Morgan fingerprint density at radius 1 is 1.61 bits per heavy atom. The molecule has 0 unspecified atom stereocenters. The minimum Gasteiger partial charge on any atom is -0.394 e. The van der Waals surface area contributed by atoms with Crippen LogP contribution in [0.5, 0.6) is 0 Å². The molecule has 100 valence electrons. The van der Waals surface area contributed by atoms with E-state index < -0.39 is 12.5 Å². The van der Waals surface area contributed by atoms with Gasteiger partial charge >= 0.3 is 0 Å². The molecule has 2 fully saturated rings. The molecule has 18 heavy (non-hydrogen) atoms. The summed E-state index contributed by atoms with van der Waals surface area (Å²) in [6.07, 6.45) is -1.13. The monoisotopic (exact) mass is 274 g/mol. The van der Waals surface area contributed by atoms with Gasteiger partial charge in [0.15, 0.2) is 11.4 Å². The number of thiazole rings is 1. The van der Waals surface area contributed by atoms with Gasteiger partial charge in [-0.2, -0.15) is 0 Å². The fraction of sp³-hybridized carbons (Fsp3) is 0.727. The van der Waals surface area contributed by atoms with Crippen molar-refractivity contribution in [1.29, 1.82) is 0 Å². The van der Waals surface area contributed by atoms with Crippen LogP contribution < -0.4 is 4.90 Å². The third kappa shape index (κ3) is 2.11. The van der Waals surface area contributed by atoms with E-state index in [0.29, 0.717) is 18.7 Å². The molecule has 3 heterocycles. The van der Waals surface area contributed by atoms with Crippen molar-refractivity contribution in [2.75, 3.05) is 18.1 Å². The summed E-state index contributed by atoms with van der Waals surface area (Å²) in [6.45, 7) is 2.06. The topological polar surface area (TPSA) is 54.8 Å². The Bertz CT molecular complexity index is 424. The van der Waals surface area contributed by atoms with E-state index in [9.17, 15) is 9.50 Å². The fourth-order valence-corrected chi connectivity index (χ4v) is 3.19. The molecule has 0 aliphatic carbocycles. The quantitative estimate of drug-likeness (QED) is 0.904. The molecule has 0 amide bonds. The fourth-order valence-electron chi connectivity index (χ4n) is 2.28. The standard InChI is InChI=1S/C11H15FN2O3S/c1-6-16-10(17-6)9-5-18-11(13-9)14-3-7(12)2-8(14)4-15/h5-8,10,15H,2-4H2,1H3/t6?,7-,8+,10?/m0/s1. The van der Waals surface area contributed by atoms with Crippen molar-refractivity contribution in [3.63, 3.8) is 0 Å². The van der Waals surface area contributed by atoms with Crippen LogP contribution >= 0.6 is 11.3 Å². The molecule has 1 aromatic heterocycles. The molecule has 2 aliphatic heterocycles. The Balaban J connectivity index is 1.72. The number of aliphatic hydroxyl groups is 1. The highest BCUT2D eigenvalue weighted by molar-refractivity contribution is 7.13. The van der Waals surface area contributed by atoms with Crippen LogP contribution in [0.4, 0.5) is 9.52 Å². The first kappa shape index (κ1) is 12.3. The lowest BCUT2D eigenvalue weighted by atomic mass is 10.2. The number of rotatable bonds is 3. The maximum absolute atomic E-state index is 13.4. The molecule has 0 saturated carbocycles. The van der Waals surface area contributed by atoms with Gasteiger partial charge in [0.25, 0.3) is 0 Å². The van der Waals surface area contributed by atoms with Gasteiger partial charge in [-0.15, -0.1) is 11.3 Å². The maximum atomic E-state index is 13.4. The minimum absolute atomic E-state index is 0.0528. The van der Waals surface area contributed by atoms with E-state index >= 15 is 0 Å². The van der Waals surface area contributed by atoms with Gasteiger partial charge in [0, 0.05) is 11.8 Å². The Morgan fingerprint density at radius 2 is 2.39 bits per heavy atom. The van der Waals surface area contributed by atoms with Crippen molar-refractivity contribution in [2.24, 2.45) is 0 Å². The Labute approximate surface area is 108 Å². The number of aromatic nitrogens is 1. The molecule has 0 aromatic carbocycles. The van der Waals surface area contributed by atoms with Crippen molar-refractivity contribution in [2.45, 2.75) is 38.1 Å². The molecule has 1 aromatic rings. The van der Waals surface area contributed by atoms with Crippen molar-refractivity contribution < 1.29 is 19.0 Å². The molecule has 2 saturated heterocycles. The average Bonchev–Trinajstić information content (AvgIpc) is 2.90. The van der Waals surface area contributed by atoms with Crippen LogP contribution in [0.2, 0.25) is 0 Å². The molecule has 2 aliphatic rings. The third-order valence-electron chi connectivity index (χ3n) is 3.20. The van der Waals surface area contributed by atoms with Crippen LogP contribution in [0.15, 0.2) is 5.38 Å². The van der Waals surface area contributed by atoms with Crippen molar-refractivity contribution in [3.05, 3.63) is 11.1 Å². The largest absolute Gasteiger partial charge is 0.394 e. The Morgan fingerprint density at radius 3 is 3.06 bits per heavy atom. The first-order valence-corrected chi connectivity index (χ1v) is 6.83. The van der Waals surface area contributed by atoms with E-state index in [-0.39, 0.29) is 18.9 Å². The zero-order valence-electron chi connectivity index (χ0n) is 9.95. The molecule has 3 rings (SSSR count). The van der Waals surface area contributed by atoms with E-state index in [1.165, 1.54) is 11.3 Å². The van der Waals surface area contributed by atoms with Crippen molar-refractivity contribution in [1.82, 2.24) is 4.98 Å². The molecule has 0 spiro atoms. The Hall–Kier alpha value is -0.760. The van der Waals surface area contributed by atoms with Crippen LogP contribution in [0.1, 0.15) is 25.3 Å². The number of halogens is 1. The summed E-state index contributed by atoms with van der Waals surface area (Å²) in [6, 6.07) is -0.179. The lowest BCUT2D eigenvalue weighted by Crippen LogP contribution is -2.33. The van der Waals surface area contributed by atoms with Gasteiger partial charge in [-0.05, 0) is 6.92 Å². The summed E-state index contributed by atoms with van der Waals surface area (Å²) >= 11 is 1.42. The second kappa shape index (κ2) is 4.73. The number of nitrogens with zero attached hydrogens (tertiary/aromatic N) is 2. The number of aliphatic hydroxyl groups excluding tert-OH is 1. The van der Waals surface area contributed by atoms with Gasteiger partial charge < -0.3 is 19.5 Å². The molecular formula is C11H15FN2O3S. The number of hydrogen-bond acceptors (Lipinski definition) is 6. The van der Waals surface area contributed by atoms with Crippen LogP contribution in [-0.2, 0) is 9.47 Å². The van der Waals surface area contributed by atoms with Crippen LogP contribution in [0.25, 0.3) is 0 Å². The van der Waals surface area contributed by atoms with E-state index in [1.807, 2.05) is 17.2 Å². The third-order valence-corrected chi connectivity index (χ3v) is 4.10. The van der Waals surface area contributed by atoms with Gasteiger partial charge in [-0.25, -0.2) is 9.37 Å². The second-order valence-electron chi connectivity index (χ2n) is 4.55. The highest BCUT2D eigenvalue weighted by Gasteiger charge is 2.35. The van der Waals surface area contributed by atoms with Crippen molar-refractivity contribution >= 4 is 16.5 Å². The highest BCUT2D eigenvalue weighted by Crippen LogP contribution is 2.36. The number of ether oxygens (including phenoxy) is 2. The van der Waals surface area contributed by atoms with Gasteiger partial charge in [0.2, 0.25) is 6.29 Å². The number of anilines is 1. The summed E-state index contributed by atoms with van der Waals surface area (Å²) in [5, 5.41) is 11.8. The van der Waals surface area contributed by atoms with Gasteiger partial charge in [-0.1, -0.05) is 0 Å². The summed E-state index contributed by atoms with van der Waals surface area (Å²) in [5.41, 5.74) is 0.715. The van der Waals surface area contributed by atoms with Crippen LogP contribution in [-0.4, -0.2) is 41.7 Å². The lowest BCUT2D eigenvalue weighted by molar-refractivity contribution is -0.383. The highest BCUT2D eigenvalue weighted by atomic mass is 32.1. The normalized spacial score (nSPS) is 35.8. The average molecular weight is 274 g/mol. The van der Waals surface area contributed by atoms with Gasteiger partial charge in [0.05, 0.1) is 19.2 Å². The Kier molecular flexibility index (Phi) is 3.23. The summed E-state index contributed by atoms with van der Waals surface area (Å²) in [5.74, 6) is 0. The molecular weight excluding hydrogens is 259 g/mol. The predicted molar refractivity (Wildman–Crippen MR) is 64.2 cm³/mol. The molecule has 7 heteroatoms. The van der Waals surface area contributed by atoms with Crippen LogP contribution in [0.3, 0.4) is 0 Å². The van der Waals surface area contributed by atoms with E-state index in [2.05, 4.69) is 4.98 Å². The number of alkyl halides is 1. The van der Waals surface area contributed by atoms with E-state index in [1.54, 1.807) is 0 Å². The summed E-state index contributed by atoms with van der Waals surface area (Å²) in [4.78, 5) is 6.22. The van der Waals surface area contributed by atoms with Crippen LogP contribution in [0, 0.1) is 0 Å². The molecule has 2 atom stereocenters. The zero-order chi connectivity index (χ0) is 12.7. The first-order chi connectivity index (χ1) is 8.67. The van der Waals surface area contributed by atoms with Gasteiger partial charge in [-0.3, -0.25) is 0 Å². The molecule has 0 radical (unpaired) electrons. The SMILES string of the molecule is CC1OC(c2csc(N3C[C@@H](F)C[C@@H]3CO)n2)O1. The lowest BCUT2D eigenvalue weighted by Gasteiger charge is -2.32. The van der Waals surface area contributed by atoms with E-state index in [0.717, 1.165) is 5.13 Å². The summed E-state index contributed by atoms with van der Waals surface area (Å²) < 4.78 is 24.1. The number of hydrogen-bond donors (Lipinski definition) is 1. The van der Waals surface area contributed by atoms with Crippen molar-refractivity contribution in [3.8, 4) is 0 Å². The first-order valence-electron chi connectivity index (χ1n) is 5.95.